The number of carbonyl (C=O) groups excluding carboxylic acids is 3. The third-order valence-electron chi connectivity index (χ3n) is 5.48. The predicted octanol–water partition coefficient (Wildman–Crippen LogP) is 4.96. The van der Waals surface area contributed by atoms with Crippen LogP contribution < -0.4 is 10.7 Å². The summed E-state index contributed by atoms with van der Waals surface area (Å²) in [7, 11) is 0. The molecule has 0 aliphatic rings. The molecule has 0 spiro atoms. The number of fused-ring (bicyclic) bond motifs is 1. The molecule has 0 aliphatic heterocycles. The van der Waals surface area contributed by atoms with E-state index in [-0.39, 0.29) is 53.7 Å². The lowest BCUT2D eigenvalue weighted by molar-refractivity contribution is -0.383. The zero-order valence-electron chi connectivity index (χ0n) is 20.6. The number of aromatic hydroxyl groups is 1. The van der Waals surface area contributed by atoms with E-state index in [1.54, 1.807) is 12.1 Å². The van der Waals surface area contributed by atoms with Gasteiger partial charge in [0.15, 0.2) is 0 Å². The highest BCUT2D eigenvalue weighted by atomic mass is 16.6. The van der Waals surface area contributed by atoms with Gasteiger partial charge in [-0.2, -0.15) is 5.10 Å². The summed E-state index contributed by atoms with van der Waals surface area (Å²) < 4.78 is 0. The van der Waals surface area contributed by atoms with E-state index in [0.29, 0.717) is 12.1 Å². The number of para-hydroxylation sites is 2. The Kier molecular flexibility index (Phi) is 9.04. The Bertz CT molecular complexity index is 1370. The van der Waals surface area contributed by atoms with Crippen molar-refractivity contribution in [2.45, 2.75) is 39.5 Å². The van der Waals surface area contributed by atoms with Crippen LogP contribution in [0.15, 0.2) is 65.8 Å². The number of hydrazone groups is 1. The number of hydrogen-bond acceptors (Lipinski definition) is 7. The Hall–Kier alpha value is -4.60. The number of nitrogens with one attached hydrogen (secondary N) is 2. The zero-order valence-corrected chi connectivity index (χ0v) is 20.6. The van der Waals surface area contributed by atoms with Crippen molar-refractivity contribution >= 4 is 45.5 Å². The van der Waals surface area contributed by atoms with Crippen LogP contribution in [0.25, 0.3) is 10.8 Å². The molecule has 0 aliphatic carbocycles. The van der Waals surface area contributed by atoms with Gasteiger partial charge in [-0.15, -0.1) is 0 Å². The second-order valence-electron chi connectivity index (χ2n) is 8.97. The maximum absolute atomic E-state index is 12.7. The van der Waals surface area contributed by atoms with E-state index in [9.17, 15) is 29.6 Å². The summed E-state index contributed by atoms with van der Waals surface area (Å²) in [4.78, 5) is 48.0. The topological polar surface area (TPSA) is 151 Å². The first kappa shape index (κ1) is 27.0. The Morgan fingerprint density at radius 1 is 1.00 bits per heavy atom. The van der Waals surface area contributed by atoms with Crippen LogP contribution in [0.4, 0.5) is 11.4 Å². The molecule has 0 bridgehead atoms. The summed E-state index contributed by atoms with van der Waals surface area (Å²) in [5.74, 6) is -1.43. The van der Waals surface area contributed by atoms with Crippen LogP contribution in [0, 0.1) is 16.0 Å². The van der Waals surface area contributed by atoms with Gasteiger partial charge in [0, 0.05) is 31.0 Å². The molecule has 37 heavy (non-hydrogen) atoms. The van der Waals surface area contributed by atoms with Crippen molar-refractivity contribution in [3.8, 4) is 5.75 Å². The van der Waals surface area contributed by atoms with Gasteiger partial charge in [0.05, 0.1) is 10.5 Å². The van der Waals surface area contributed by atoms with Gasteiger partial charge in [-0.3, -0.25) is 24.5 Å². The van der Waals surface area contributed by atoms with Gasteiger partial charge in [0.1, 0.15) is 17.2 Å². The number of nitro groups is 1. The Labute approximate surface area is 213 Å². The Morgan fingerprint density at radius 2 is 1.65 bits per heavy atom. The maximum Gasteiger partial charge on any atom is 0.292 e. The number of Topliss-reactive ketones (excluding diaryl/α,β-unsaturated/α-hetero) is 1. The first-order valence-corrected chi connectivity index (χ1v) is 11.8. The number of nitrogens with zero attached hydrogens (tertiary/aromatic N) is 2. The number of phenols is 1. The number of carbonyl (C=O) groups is 3. The van der Waals surface area contributed by atoms with Crippen molar-refractivity contribution < 1.29 is 24.4 Å². The summed E-state index contributed by atoms with van der Waals surface area (Å²) in [6, 6.07) is 16.1. The lowest BCUT2D eigenvalue weighted by atomic mass is 10.0. The third kappa shape index (κ3) is 7.69. The number of hydrogen-bond donors (Lipinski definition) is 3. The minimum absolute atomic E-state index is 0.0596. The Balaban J connectivity index is 1.61. The van der Waals surface area contributed by atoms with E-state index in [2.05, 4.69) is 15.8 Å². The number of amides is 2. The van der Waals surface area contributed by atoms with Crippen molar-refractivity contribution in [3.63, 3.8) is 0 Å². The average molecular weight is 505 g/mol. The second-order valence-corrected chi connectivity index (χ2v) is 8.97. The van der Waals surface area contributed by atoms with E-state index in [0.717, 1.165) is 10.8 Å². The highest BCUT2D eigenvalue weighted by Gasteiger charge is 2.17. The lowest BCUT2D eigenvalue weighted by Crippen LogP contribution is -2.22. The van der Waals surface area contributed by atoms with E-state index in [1.807, 2.05) is 38.1 Å². The fourth-order valence-corrected chi connectivity index (χ4v) is 3.75. The van der Waals surface area contributed by atoms with Crippen LogP contribution in [0.2, 0.25) is 0 Å². The van der Waals surface area contributed by atoms with Crippen LogP contribution in [0.1, 0.15) is 49.9 Å². The molecule has 192 valence electrons. The fourth-order valence-electron chi connectivity index (χ4n) is 3.75. The van der Waals surface area contributed by atoms with E-state index in [1.165, 1.54) is 24.3 Å². The highest BCUT2D eigenvalue weighted by molar-refractivity contribution is 6.05. The van der Waals surface area contributed by atoms with E-state index < -0.39 is 16.7 Å². The second kappa shape index (κ2) is 12.4. The van der Waals surface area contributed by atoms with E-state index >= 15 is 0 Å². The van der Waals surface area contributed by atoms with Crippen molar-refractivity contribution in [2.75, 3.05) is 5.32 Å². The number of ketones is 1. The molecule has 2 amide bonds. The normalized spacial score (nSPS) is 11.4. The third-order valence-corrected chi connectivity index (χ3v) is 5.48. The summed E-state index contributed by atoms with van der Waals surface area (Å²) >= 11 is 0. The molecule has 0 saturated heterocycles. The maximum atomic E-state index is 12.7. The fraction of sp³-hybridized carbons (Fsp3) is 0.259. The molecule has 3 aromatic rings. The molecule has 0 heterocycles. The lowest BCUT2D eigenvalue weighted by Gasteiger charge is -2.10. The molecular weight excluding hydrogens is 476 g/mol. The molecule has 0 radical (unpaired) electrons. The molecule has 3 N–H and O–H groups in total. The number of rotatable bonds is 11. The number of phenolic OH excluding ortho intramolecular Hbond substituents is 1. The smallest absolute Gasteiger partial charge is 0.292 e. The van der Waals surface area contributed by atoms with E-state index in [4.69, 9.17) is 0 Å². The number of nitro benzene ring substituents is 1. The van der Waals surface area contributed by atoms with Crippen LogP contribution >= 0.6 is 0 Å². The SMILES string of the molecule is CC(C)CC(CC(=O)CCC(=O)Nc1ccccc1[N+](=O)[O-])=NNC(=O)c1cc2ccccc2cc1O. The van der Waals surface area contributed by atoms with Gasteiger partial charge in [0.25, 0.3) is 11.6 Å². The highest BCUT2D eigenvalue weighted by Crippen LogP contribution is 2.25. The van der Waals surface area contributed by atoms with Crippen molar-refractivity contribution in [2.24, 2.45) is 11.0 Å². The van der Waals surface area contributed by atoms with Crippen molar-refractivity contribution in [1.29, 1.82) is 0 Å². The first-order valence-electron chi connectivity index (χ1n) is 11.8. The molecule has 0 atom stereocenters. The van der Waals surface area contributed by atoms with Gasteiger partial charge in [-0.1, -0.05) is 50.2 Å². The molecule has 10 nitrogen and oxygen atoms in total. The van der Waals surface area contributed by atoms with Gasteiger partial charge >= 0.3 is 0 Å². The van der Waals surface area contributed by atoms with Crippen LogP contribution in [0.5, 0.6) is 5.75 Å². The largest absolute Gasteiger partial charge is 0.507 e. The average Bonchev–Trinajstić information content (AvgIpc) is 2.85. The summed E-state index contributed by atoms with van der Waals surface area (Å²) in [5, 5.41) is 29.5. The minimum atomic E-state index is -0.610. The molecular formula is C27H28N4O6. The number of benzene rings is 3. The Morgan fingerprint density at radius 3 is 2.32 bits per heavy atom. The monoisotopic (exact) mass is 504 g/mol. The first-order chi connectivity index (χ1) is 17.6. The summed E-state index contributed by atoms with van der Waals surface area (Å²) in [6.07, 6.45) is 0.124. The summed E-state index contributed by atoms with van der Waals surface area (Å²) in [6.45, 7) is 3.88. The molecule has 0 unspecified atom stereocenters. The van der Waals surface area contributed by atoms with Crippen LogP contribution in [-0.4, -0.2) is 33.3 Å². The quantitative estimate of drug-likeness (QED) is 0.191. The molecule has 3 rings (SSSR count). The van der Waals surface area contributed by atoms with Gasteiger partial charge in [-0.05, 0) is 41.3 Å². The molecule has 0 fully saturated rings. The summed E-state index contributed by atoms with van der Waals surface area (Å²) in [5.41, 5.74) is 2.75. The molecule has 10 heteroatoms. The van der Waals surface area contributed by atoms with Gasteiger partial charge < -0.3 is 10.4 Å². The minimum Gasteiger partial charge on any atom is -0.507 e. The standard InChI is InChI=1S/C27H28N4O6/c1-17(2)13-20(29-30-27(35)22-14-18-7-3-4-8-19(18)15-25(22)33)16-21(32)11-12-26(34)28-23-9-5-6-10-24(23)31(36)37/h3-10,14-15,17,33H,11-13,16H2,1-2H3,(H,28,34)(H,30,35). The predicted molar refractivity (Wildman–Crippen MR) is 141 cm³/mol. The van der Waals surface area contributed by atoms with Gasteiger partial charge in [0.2, 0.25) is 5.91 Å². The van der Waals surface area contributed by atoms with Crippen LogP contribution in [0.3, 0.4) is 0 Å². The molecule has 0 aromatic heterocycles. The van der Waals surface area contributed by atoms with Crippen molar-refractivity contribution in [3.05, 3.63) is 76.3 Å². The molecule has 0 saturated carbocycles. The molecule has 3 aromatic carbocycles. The van der Waals surface area contributed by atoms with Gasteiger partial charge in [-0.25, -0.2) is 5.43 Å². The van der Waals surface area contributed by atoms with Crippen LogP contribution in [-0.2, 0) is 9.59 Å². The van der Waals surface area contributed by atoms with Crippen molar-refractivity contribution in [1.82, 2.24) is 5.43 Å². The zero-order chi connectivity index (χ0) is 26.9. The number of anilines is 1.